The highest BCUT2D eigenvalue weighted by atomic mass is 16.6. The summed E-state index contributed by atoms with van der Waals surface area (Å²) in [6, 6.07) is 0. The van der Waals surface area contributed by atoms with Gasteiger partial charge < -0.3 is 14.6 Å². The van der Waals surface area contributed by atoms with Crippen LogP contribution < -0.4 is 5.32 Å². The minimum atomic E-state index is -1.27. The van der Waals surface area contributed by atoms with E-state index in [2.05, 4.69) is 19.2 Å². The van der Waals surface area contributed by atoms with Crippen LogP contribution >= 0.6 is 0 Å². The van der Waals surface area contributed by atoms with Crippen LogP contribution in [-0.4, -0.2) is 35.1 Å². The van der Waals surface area contributed by atoms with Gasteiger partial charge in [-0.25, -0.2) is 0 Å². The first-order valence-corrected chi connectivity index (χ1v) is 17.6. The maximum Gasteiger partial charge on any atom is 0.307 e. The van der Waals surface area contributed by atoms with Gasteiger partial charge in [-0.1, -0.05) is 149 Å². The third-order valence-corrected chi connectivity index (χ3v) is 7.75. The molecule has 0 bridgehead atoms. The van der Waals surface area contributed by atoms with Gasteiger partial charge in [0.2, 0.25) is 0 Å². The smallest absolute Gasteiger partial charge is 0.307 e. The van der Waals surface area contributed by atoms with E-state index in [1.54, 1.807) is 13.8 Å². The van der Waals surface area contributed by atoms with Crippen molar-refractivity contribution in [2.75, 3.05) is 0 Å². The highest BCUT2D eigenvalue weighted by Crippen LogP contribution is 2.17. The molecule has 0 heterocycles. The Morgan fingerprint density at radius 1 is 0.561 bits per heavy atom. The molecule has 0 rings (SSSR count). The Hall–Kier alpha value is -1.14. The fourth-order valence-corrected chi connectivity index (χ4v) is 5.20. The van der Waals surface area contributed by atoms with Crippen LogP contribution in [0.15, 0.2) is 0 Å². The average molecular weight is 584 g/mol. The fraction of sp³-hybridized carbons (Fsp3) is 0.943. The van der Waals surface area contributed by atoms with Crippen LogP contribution in [0.3, 0.4) is 0 Å². The summed E-state index contributed by atoms with van der Waals surface area (Å²) in [5, 5.41) is 13.3. The lowest BCUT2D eigenvalue weighted by Gasteiger charge is -2.32. The Balaban J connectivity index is 4.24. The van der Waals surface area contributed by atoms with E-state index in [1.165, 1.54) is 103 Å². The second kappa shape index (κ2) is 27.7. The van der Waals surface area contributed by atoms with E-state index in [0.29, 0.717) is 19.3 Å². The molecule has 0 fully saturated rings. The molecule has 2 N–H and O–H groups in total. The van der Waals surface area contributed by atoms with Crippen molar-refractivity contribution < 1.29 is 24.2 Å². The maximum atomic E-state index is 12.6. The number of hydrogen-bond acceptors (Lipinski definition) is 6. The molecule has 0 saturated carbocycles. The maximum absolute atomic E-state index is 12.6. The molecule has 0 aliphatic carbocycles. The standard InChI is InChI=1S/C35H69NO5/c1-6-9-11-13-15-17-19-21-23-25-27-29-32(37)40-31(8-3)34(36-35(4,5)39)41-33(38)30-28-26-24-22-20-18-16-14-12-10-7-2/h31,34,36,39H,6-30H2,1-5H3. The molecule has 0 spiro atoms. The summed E-state index contributed by atoms with van der Waals surface area (Å²) in [5.74, 6) is -0.584. The van der Waals surface area contributed by atoms with Crippen molar-refractivity contribution in [1.29, 1.82) is 0 Å². The number of ether oxygens (including phenoxy) is 2. The molecule has 0 aromatic carbocycles. The number of carbonyl (C=O) groups excluding carboxylic acids is 2. The second-order valence-electron chi connectivity index (χ2n) is 12.6. The van der Waals surface area contributed by atoms with E-state index in [1.807, 2.05) is 6.92 Å². The van der Waals surface area contributed by atoms with E-state index >= 15 is 0 Å². The van der Waals surface area contributed by atoms with Gasteiger partial charge in [0, 0.05) is 12.8 Å². The largest absolute Gasteiger partial charge is 0.457 e. The van der Waals surface area contributed by atoms with Gasteiger partial charge in [0.15, 0.2) is 12.3 Å². The van der Waals surface area contributed by atoms with Crippen LogP contribution in [0, 0.1) is 0 Å². The molecular weight excluding hydrogens is 514 g/mol. The molecule has 2 unspecified atom stereocenters. The zero-order valence-corrected chi connectivity index (χ0v) is 27.9. The SMILES string of the molecule is CCCCCCCCCCCCCC(=O)OC(CC)C(NC(C)(C)O)OC(=O)CCCCCCCCCCCCC. The monoisotopic (exact) mass is 584 g/mol. The topological polar surface area (TPSA) is 84.9 Å². The molecule has 0 aliphatic rings. The third-order valence-electron chi connectivity index (χ3n) is 7.75. The molecule has 2 atom stereocenters. The molecule has 0 aliphatic heterocycles. The Kier molecular flexibility index (Phi) is 26.9. The highest BCUT2D eigenvalue weighted by molar-refractivity contribution is 5.70. The second-order valence-corrected chi connectivity index (χ2v) is 12.6. The van der Waals surface area contributed by atoms with Crippen molar-refractivity contribution >= 4 is 11.9 Å². The van der Waals surface area contributed by atoms with E-state index < -0.39 is 18.1 Å². The third kappa shape index (κ3) is 27.4. The van der Waals surface area contributed by atoms with Crippen molar-refractivity contribution in [3.05, 3.63) is 0 Å². The number of unbranched alkanes of at least 4 members (excludes halogenated alkanes) is 20. The zero-order chi connectivity index (χ0) is 30.6. The number of hydrogen-bond donors (Lipinski definition) is 2. The van der Waals surface area contributed by atoms with Gasteiger partial charge in [-0.05, 0) is 33.1 Å². The molecule has 0 saturated heterocycles. The summed E-state index contributed by atoms with van der Waals surface area (Å²) in [6.45, 7) is 9.59. The van der Waals surface area contributed by atoms with Crippen LogP contribution in [-0.2, 0) is 19.1 Å². The summed E-state index contributed by atoms with van der Waals surface area (Å²) in [4.78, 5) is 25.2. The average Bonchev–Trinajstić information content (AvgIpc) is 2.92. The fourth-order valence-electron chi connectivity index (χ4n) is 5.20. The molecule has 0 aromatic heterocycles. The van der Waals surface area contributed by atoms with Gasteiger partial charge in [-0.15, -0.1) is 0 Å². The lowest BCUT2D eigenvalue weighted by molar-refractivity contribution is -0.177. The van der Waals surface area contributed by atoms with E-state index in [-0.39, 0.29) is 11.9 Å². The van der Waals surface area contributed by atoms with E-state index in [0.717, 1.165) is 38.5 Å². The summed E-state index contributed by atoms with van der Waals surface area (Å²) in [6.07, 6.45) is 26.7. The number of esters is 2. The van der Waals surface area contributed by atoms with Gasteiger partial charge in [0.1, 0.15) is 5.72 Å². The normalized spacial score (nSPS) is 13.2. The summed E-state index contributed by atoms with van der Waals surface area (Å²) < 4.78 is 11.4. The predicted molar refractivity (Wildman–Crippen MR) is 172 cm³/mol. The van der Waals surface area contributed by atoms with Crippen LogP contribution in [0.5, 0.6) is 0 Å². The van der Waals surface area contributed by atoms with E-state index in [4.69, 9.17) is 9.47 Å². The van der Waals surface area contributed by atoms with Crippen LogP contribution in [0.1, 0.15) is 195 Å². The molecule has 0 aromatic rings. The molecule has 6 heteroatoms. The van der Waals surface area contributed by atoms with Crippen molar-refractivity contribution in [3.63, 3.8) is 0 Å². The lowest BCUT2D eigenvalue weighted by Crippen LogP contribution is -2.54. The van der Waals surface area contributed by atoms with Gasteiger partial charge >= 0.3 is 11.9 Å². The van der Waals surface area contributed by atoms with Crippen LogP contribution in [0.2, 0.25) is 0 Å². The predicted octanol–water partition coefficient (Wildman–Crippen LogP) is 9.90. The van der Waals surface area contributed by atoms with Gasteiger partial charge in [0.05, 0.1) is 0 Å². The Labute approximate surface area is 254 Å². The number of nitrogens with one attached hydrogen (secondary N) is 1. The summed E-state index contributed by atoms with van der Waals surface area (Å²) >= 11 is 0. The molecule has 6 nitrogen and oxygen atoms in total. The van der Waals surface area contributed by atoms with Gasteiger partial charge in [-0.2, -0.15) is 0 Å². The summed E-state index contributed by atoms with van der Waals surface area (Å²) in [7, 11) is 0. The van der Waals surface area contributed by atoms with Crippen molar-refractivity contribution in [2.24, 2.45) is 0 Å². The Morgan fingerprint density at radius 3 is 1.20 bits per heavy atom. The Bertz CT molecular complexity index is 604. The summed E-state index contributed by atoms with van der Waals surface area (Å²) in [5.41, 5.74) is -1.27. The number of carbonyl (C=O) groups is 2. The van der Waals surface area contributed by atoms with Crippen molar-refractivity contribution in [1.82, 2.24) is 5.32 Å². The first-order valence-electron chi connectivity index (χ1n) is 17.6. The first kappa shape index (κ1) is 39.9. The molecule has 0 amide bonds. The molecule has 244 valence electrons. The lowest BCUT2D eigenvalue weighted by atomic mass is 10.1. The van der Waals surface area contributed by atoms with Crippen molar-refractivity contribution in [2.45, 2.75) is 213 Å². The van der Waals surface area contributed by atoms with Crippen LogP contribution in [0.4, 0.5) is 0 Å². The van der Waals surface area contributed by atoms with E-state index in [9.17, 15) is 14.7 Å². The quantitative estimate of drug-likeness (QED) is 0.0497. The minimum Gasteiger partial charge on any atom is -0.457 e. The zero-order valence-electron chi connectivity index (χ0n) is 27.9. The first-order chi connectivity index (χ1) is 19.7. The van der Waals surface area contributed by atoms with Crippen molar-refractivity contribution in [3.8, 4) is 0 Å². The molecular formula is C35H69NO5. The minimum absolute atomic E-state index is 0.267. The van der Waals surface area contributed by atoms with Gasteiger partial charge in [-0.3, -0.25) is 14.9 Å². The van der Waals surface area contributed by atoms with Crippen LogP contribution in [0.25, 0.3) is 0 Å². The Morgan fingerprint density at radius 2 is 0.878 bits per heavy atom. The molecule has 41 heavy (non-hydrogen) atoms. The van der Waals surface area contributed by atoms with Gasteiger partial charge in [0.25, 0.3) is 0 Å². The number of rotatable bonds is 30. The number of aliphatic hydroxyl groups is 1. The molecule has 0 radical (unpaired) electrons. The highest BCUT2D eigenvalue weighted by Gasteiger charge is 2.31.